The minimum absolute atomic E-state index is 0.346. The molecule has 0 spiro atoms. The first kappa shape index (κ1) is 12.2. The Balaban J connectivity index is 1.85. The van der Waals surface area contributed by atoms with Gasteiger partial charge in [-0.2, -0.15) is 0 Å². The first-order chi connectivity index (χ1) is 8.31. The van der Waals surface area contributed by atoms with E-state index < -0.39 is 0 Å². The molecule has 0 radical (unpaired) electrons. The summed E-state index contributed by atoms with van der Waals surface area (Å²) in [6.07, 6.45) is 2.53. The molecular formula is C14H21NO2. The largest absolute Gasteiger partial charge is 0.454 e. The molecule has 94 valence electrons. The van der Waals surface area contributed by atoms with E-state index in [1.807, 2.05) is 12.1 Å². The summed E-state index contributed by atoms with van der Waals surface area (Å²) in [6.45, 7) is 6.76. The number of hydrogen-bond acceptors (Lipinski definition) is 3. The van der Waals surface area contributed by atoms with Gasteiger partial charge in [0.05, 0.1) is 0 Å². The molecule has 1 aromatic carbocycles. The van der Waals surface area contributed by atoms with Crippen LogP contribution in [-0.2, 0) is 6.54 Å². The molecule has 0 aliphatic carbocycles. The maximum absolute atomic E-state index is 5.47. The Hall–Kier alpha value is -1.22. The lowest BCUT2D eigenvalue weighted by Crippen LogP contribution is -2.20. The third-order valence-electron chi connectivity index (χ3n) is 3.07. The van der Waals surface area contributed by atoms with Gasteiger partial charge in [0, 0.05) is 12.1 Å². The van der Waals surface area contributed by atoms with Gasteiger partial charge in [-0.3, -0.25) is 0 Å². The van der Waals surface area contributed by atoms with Gasteiger partial charge in [0.15, 0.2) is 11.5 Å². The quantitative estimate of drug-likeness (QED) is 0.822. The molecule has 2 rings (SSSR count). The minimum Gasteiger partial charge on any atom is -0.454 e. The highest BCUT2D eigenvalue weighted by molar-refractivity contribution is 5.48. The third kappa shape index (κ3) is 3.13. The third-order valence-corrected chi connectivity index (χ3v) is 3.07. The summed E-state index contributed by atoms with van der Waals surface area (Å²) in [5.74, 6) is 2.50. The smallest absolute Gasteiger partial charge is 0.231 e. The number of nitrogens with one attached hydrogen (secondary N) is 1. The van der Waals surface area contributed by atoms with E-state index in [-0.39, 0.29) is 0 Å². The summed E-state index contributed by atoms with van der Waals surface area (Å²) in [5.41, 5.74) is 1.18. The lowest BCUT2D eigenvalue weighted by molar-refractivity contribution is 0.173. The summed E-state index contributed by atoms with van der Waals surface area (Å²) in [6, 6.07) is 6.05. The molecule has 0 aromatic heterocycles. The molecular weight excluding hydrogens is 214 g/mol. The van der Waals surface area contributed by atoms with E-state index in [0.717, 1.165) is 30.5 Å². The minimum atomic E-state index is 0.346. The zero-order valence-electron chi connectivity index (χ0n) is 10.7. The number of benzene rings is 1. The van der Waals surface area contributed by atoms with Crippen LogP contribution in [0.1, 0.15) is 32.3 Å². The van der Waals surface area contributed by atoms with Crippen molar-refractivity contribution >= 4 is 0 Å². The van der Waals surface area contributed by atoms with Crippen molar-refractivity contribution < 1.29 is 9.47 Å². The van der Waals surface area contributed by atoms with Crippen molar-refractivity contribution in [2.45, 2.75) is 33.2 Å². The van der Waals surface area contributed by atoms with Crippen LogP contribution in [0.4, 0.5) is 0 Å². The average molecular weight is 235 g/mol. The SMILES string of the molecule is CCCC(C)CNCc1cccc2c1OCO2. The maximum atomic E-state index is 5.47. The molecule has 1 aromatic rings. The van der Waals surface area contributed by atoms with E-state index in [0.29, 0.717) is 6.79 Å². The molecule has 1 aliphatic rings. The van der Waals surface area contributed by atoms with E-state index in [4.69, 9.17) is 9.47 Å². The summed E-state index contributed by atoms with van der Waals surface area (Å²) in [5, 5.41) is 3.48. The van der Waals surface area contributed by atoms with Crippen LogP contribution in [0.25, 0.3) is 0 Å². The fraction of sp³-hybridized carbons (Fsp3) is 0.571. The highest BCUT2D eigenvalue weighted by Crippen LogP contribution is 2.35. The second-order valence-corrected chi connectivity index (χ2v) is 4.68. The summed E-state index contributed by atoms with van der Waals surface area (Å²) < 4.78 is 10.8. The monoisotopic (exact) mass is 235 g/mol. The molecule has 0 bridgehead atoms. The molecule has 0 saturated carbocycles. The molecule has 3 nitrogen and oxygen atoms in total. The molecule has 1 unspecified atom stereocenters. The van der Waals surface area contributed by atoms with Gasteiger partial charge in [-0.25, -0.2) is 0 Å². The summed E-state index contributed by atoms with van der Waals surface area (Å²) in [7, 11) is 0. The fourth-order valence-corrected chi connectivity index (χ4v) is 2.18. The Bertz CT molecular complexity index is 365. The normalized spacial score (nSPS) is 14.9. The van der Waals surface area contributed by atoms with Crippen LogP contribution in [0.2, 0.25) is 0 Å². The van der Waals surface area contributed by atoms with Crippen molar-refractivity contribution in [1.82, 2.24) is 5.32 Å². The number of para-hydroxylation sites is 1. The zero-order valence-corrected chi connectivity index (χ0v) is 10.7. The second-order valence-electron chi connectivity index (χ2n) is 4.68. The van der Waals surface area contributed by atoms with E-state index in [1.165, 1.54) is 18.4 Å². The molecule has 1 atom stereocenters. The lowest BCUT2D eigenvalue weighted by Gasteiger charge is -2.12. The van der Waals surface area contributed by atoms with Gasteiger partial charge in [0.25, 0.3) is 0 Å². The molecule has 17 heavy (non-hydrogen) atoms. The molecule has 1 aliphatic heterocycles. The predicted molar refractivity (Wildman–Crippen MR) is 68.3 cm³/mol. The highest BCUT2D eigenvalue weighted by atomic mass is 16.7. The number of ether oxygens (including phenoxy) is 2. The van der Waals surface area contributed by atoms with Crippen molar-refractivity contribution in [3.63, 3.8) is 0 Å². The van der Waals surface area contributed by atoms with Crippen LogP contribution >= 0.6 is 0 Å². The maximum Gasteiger partial charge on any atom is 0.231 e. The van der Waals surface area contributed by atoms with E-state index in [9.17, 15) is 0 Å². The van der Waals surface area contributed by atoms with Gasteiger partial charge in [0.1, 0.15) is 0 Å². The van der Waals surface area contributed by atoms with Gasteiger partial charge >= 0.3 is 0 Å². The van der Waals surface area contributed by atoms with Crippen LogP contribution in [-0.4, -0.2) is 13.3 Å². The Morgan fingerprint density at radius 3 is 3.06 bits per heavy atom. The number of fused-ring (bicyclic) bond motifs is 1. The standard InChI is InChI=1S/C14H21NO2/c1-3-5-11(2)8-15-9-12-6-4-7-13-14(12)17-10-16-13/h4,6-7,11,15H,3,5,8-10H2,1-2H3. The van der Waals surface area contributed by atoms with Gasteiger partial charge in [-0.05, 0) is 24.9 Å². The summed E-state index contributed by atoms with van der Waals surface area (Å²) in [4.78, 5) is 0. The Morgan fingerprint density at radius 1 is 1.35 bits per heavy atom. The number of rotatable bonds is 6. The van der Waals surface area contributed by atoms with Gasteiger partial charge in [-0.15, -0.1) is 0 Å². The Morgan fingerprint density at radius 2 is 2.24 bits per heavy atom. The van der Waals surface area contributed by atoms with Crippen molar-refractivity contribution in [3.8, 4) is 11.5 Å². The van der Waals surface area contributed by atoms with E-state index in [2.05, 4.69) is 25.2 Å². The number of hydrogen-bond donors (Lipinski definition) is 1. The van der Waals surface area contributed by atoms with Crippen LogP contribution in [0.5, 0.6) is 11.5 Å². The molecule has 0 fully saturated rings. The molecule has 3 heteroatoms. The van der Waals surface area contributed by atoms with Crippen LogP contribution < -0.4 is 14.8 Å². The first-order valence-corrected chi connectivity index (χ1v) is 6.39. The zero-order chi connectivity index (χ0) is 12.1. The van der Waals surface area contributed by atoms with Crippen molar-refractivity contribution in [2.24, 2.45) is 5.92 Å². The average Bonchev–Trinajstić information content (AvgIpc) is 2.78. The first-order valence-electron chi connectivity index (χ1n) is 6.39. The van der Waals surface area contributed by atoms with Crippen molar-refractivity contribution in [1.29, 1.82) is 0 Å². The highest BCUT2D eigenvalue weighted by Gasteiger charge is 2.16. The molecule has 0 saturated heterocycles. The topological polar surface area (TPSA) is 30.5 Å². The van der Waals surface area contributed by atoms with Crippen LogP contribution in [0.3, 0.4) is 0 Å². The summed E-state index contributed by atoms with van der Waals surface area (Å²) >= 11 is 0. The van der Waals surface area contributed by atoms with Crippen molar-refractivity contribution in [3.05, 3.63) is 23.8 Å². The van der Waals surface area contributed by atoms with Gasteiger partial charge in [0.2, 0.25) is 6.79 Å². The van der Waals surface area contributed by atoms with E-state index >= 15 is 0 Å². The van der Waals surface area contributed by atoms with Gasteiger partial charge in [-0.1, -0.05) is 32.4 Å². The van der Waals surface area contributed by atoms with Gasteiger partial charge < -0.3 is 14.8 Å². The molecule has 1 N–H and O–H groups in total. The lowest BCUT2D eigenvalue weighted by atomic mass is 10.1. The Labute approximate surface area is 103 Å². The van der Waals surface area contributed by atoms with Crippen LogP contribution in [0.15, 0.2) is 18.2 Å². The van der Waals surface area contributed by atoms with Crippen LogP contribution in [0, 0.1) is 5.92 Å². The second kappa shape index (κ2) is 5.92. The molecule has 0 amide bonds. The molecule has 1 heterocycles. The fourth-order valence-electron chi connectivity index (χ4n) is 2.18. The predicted octanol–water partition coefficient (Wildman–Crippen LogP) is 2.94. The van der Waals surface area contributed by atoms with Crippen molar-refractivity contribution in [2.75, 3.05) is 13.3 Å². The Kier molecular flexibility index (Phi) is 4.26. The van der Waals surface area contributed by atoms with E-state index in [1.54, 1.807) is 0 Å².